The van der Waals surface area contributed by atoms with E-state index in [0.717, 1.165) is 5.56 Å². The molecule has 0 atom stereocenters. The predicted octanol–water partition coefficient (Wildman–Crippen LogP) is 2.05. The van der Waals surface area contributed by atoms with Crippen molar-refractivity contribution in [2.75, 3.05) is 7.11 Å². The van der Waals surface area contributed by atoms with E-state index >= 15 is 0 Å². The first-order chi connectivity index (χ1) is 8.70. The number of carboxylic acids is 1. The summed E-state index contributed by atoms with van der Waals surface area (Å²) in [5.74, 6) is -0.497. The zero-order valence-electron chi connectivity index (χ0n) is 9.75. The Labute approximate surface area is 109 Å². The van der Waals surface area contributed by atoms with Gasteiger partial charge in [-0.25, -0.2) is 0 Å². The van der Waals surface area contributed by atoms with Gasteiger partial charge in [0, 0.05) is 5.57 Å². The number of methoxy groups -OCH3 is 1. The van der Waals surface area contributed by atoms with Gasteiger partial charge >= 0.3 is 0 Å². The molecule has 0 saturated carbocycles. The molecule has 0 aliphatic heterocycles. The highest BCUT2D eigenvalue weighted by Crippen LogP contribution is 2.22. The first-order valence-electron chi connectivity index (χ1n) is 5.30. The minimum atomic E-state index is -1.18. The standard InChI is InChI=1S/C14H12O3S/c1-17-12-4-2-3-10(7-12)8-13(14(15)16)11-5-6-18-9-11/h2-9H,1H3,(H,15,16)/p-1/b13-8+. The highest BCUT2D eigenvalue weighted by molar-refractivity contribution is 7.08. The number of hydrogen-bond acceptors (Lipinski definition) is 4. The Bertz CT molecular complexity index is 570. The number of benzene rings is 1. The number of carboxylic acid groups (broad SMARTS) is 1. The maximum Gasteiger partial charge on any atom is 0.119 e. The topological polar surface area (TPSA) is 49.4 Å². The van der Waals surface area contributed by atoms with Crippen LogP contribution in [0.1, 0.15) is 11.1 Å². The Hall–Kier alpha value is -2.07. The van der Waals surface area contributed by atoms with Gasteiger partial charge in [-0.15, -0.1) is 0 Å². The summed E-state index contributed by atoms with van der Waals surface area (Å²) in [6.07, 6.45) is 1.58. The highest BCUT2D eigenvalue weighted by Gasteiger charge is 2.04. The van der Waals surface area contributed by atoms with Crippen LogP contribution in [-0.2, 0) is 4.79 Å². The number of hydrogen-bond donors (Lipinski definition) is 0. The van der Waals surface area contributed by atoms with Crippen molar-refractivity contribution in [1.29, 1.82) is 0 Å². The summed E-state index contributed by atoms with van der Waals surface area (Å²) in [6.45, 7) is 0. The van der Waals surface area contributed by atoms with Gasteiger partial charge in [0.25, 0.3) is 0 Å². The van der Waals surface area contributed by atoms with E-state index in [1.165, 1.54) is 11.3 Å². The van der Waals surface area contributed by atoms with E-state index in [-0.39, 0.29) is 5.57 Å². The van der Waals surface area contributed by atoms with E-state index in [1.807, 2.05) is 17.5 Å². The average Bonchev–Trinajstić information content (AvgIpc) is 2.89. The van der Waals surface area contributed by atoms with Crippen LogP contribution in [0.3, 0.4) is 0 Å². The van der Waals surface area contributed by atoms with Crippen LogP contribution in [-0.4, -0.2) is 13.1 Å². The summed E-state index contributed by atoms with van der Waals surface area (Å²) in [5, 5.41) is 14.8. The van der Waals surface area contributed by atoms with E-state index in [0.29, 0.717) is 11.3 Å². The summed E-state index contributed by atoms with van der Waals surface area (Å²) >= 11 is 1.45. The van der Waals surface area contributed by atoms with Gasteiger partial charge in [0.15, 0.2) is 0 Å². The Morgan fingerprint density at radius 2 is 2.22 bits per heavy atom. The third kappa shape index (κ3) is 2.78. The van der Waals surface area contributed by atoms with Gasteiger partial charge in [0.1, 0.15) is 5.75 Å². The normalized spacial score (nSPS) is 11.3. The van der Waals surface area contributed by atoms with Crippen molar-refractivity contribution in [3.05, 3.63) is 52.2 Å². The molecular formula is C14H11O3S-. The Kier molecular flexibility index (Phi) is 3.79. The smallest absolute Gasteiger partial charge is 0.119 e. The monoisotopic (exact) mass is 259 g/mol. The first-order valence-corrected chi connectivity index (χ1v) is 6.24. The maximum absolute atomic E-state index is 11.2. The van der Waals surface area contributed by atoms with Crippen molar-refractivity contribution in [1.82, 2.24) is 0 Å². The molecule has 0 spiro atoms. The minimum Gasteiger partial charge on any atom is -0.545 e. The SMILES string of the molecule is COc1cccc(/C=C(/C(=O)[O-])c2ccsc2)c1. The highest BCUT2D eigenvalue weighted by atomic mass is 32.1. The van der Waals surface area contributed by atoms with Crippen LogP contribution in [0, 0.1) is 0 Å². The molecule has 4 heteroatoms. The van der Waals surface area contributed by atoms with Gasteiger partial charge in [-0.2, -0.15) is 11.3 Å². The molecule has 0 bridgehead atoms. The molecule has 0 amide bonds. The zero-order chi connectivity index (χ0) is 13.0. The van der Waals surface area contributed by atoms with Crippen molar-refractivity contribution in [3.63, 3.8) is 0 Å². The van der Waals surface area contributed by atoms with Crippen LogP contribution < -0.4 is 9.84 Å². The number of aliphatic carboxylic acids is 1. The van der Waals surface area contributed by atoms with Gasteiger partial charge in [0.2, 0.25) is 0 Å². The number of ether oxygens (including phenoxy) is 1. The molecule has 3 nitrogen and oxygen atoms in total. The maximum atomic E-state index is 11.2. The van der Waals surface area contributed by atoms with E-state index < -0.39 is 5.97 Å². The average molecular weight is 259 g/mol. The van der Waals surface area contributed by atoms with Crippen molar-refractivity contribution < 1.29 is 14.6 Å². The largest absolute Gasteiger partial charge is 0.545 e. The summed E-state index contributed by atoms with van der Waals surface area (Å²) < 4.78 is 5.10. The van der Waals surface area contributed by atoms with Crippen LogP contribution in [0.25, 0.3) is 11.6 Å². The Morgan fingerprint density at radius 1 is 1.39 bits per heavy atom. The number of carbonyl (C=O) groups is 1. The molecule has 0 radical (unpaired) electrons. The Morgan fingerprint density at radius 3 is 2.83 bits per heavy atom. The lowest BCUT2D eigenvalue weighted by Crippen LogP contribution is -2.23. The van der Waals surface area contributed by atoms with Crippen LogP contribution in [0.15, 0.2) is 41.1 Å². The lowest BCUT2D eigenvalue weighted by Gasteiger charge is -2.07. The quantitative estimate of drug-likeness (QED) is 0.789. The molecule has 18 heavy (non-hydrogen) atoms. The van der Waals surface area contributed by atoms with E-state index in [4.69, 9.17) is 4.74 Å². The number of carbonyl (C=O) groups excluding carboxylic acids is 1. The van der Waals surface area contributed by atoms with Crippen molar-refractivity contribution >= 4 is 29.0 Å². The lowest BCUT2D eigenvalue weighted by molar-refractivity contribution is -0.295. The van der Waals surface area contributed by atoms with Gasteiger partial charge in [0.05, 0.1) is 13.1 Å². The molecule has 0 saturated heterocycles. The van der Waals surface area contributed by atoms with Crippen molar-refractivity contribution in [2.45, 2.75) is 0 Å². The summed E-state index contributed by atoms with van der Waals surface area (Å²) in [5.41, 5.74) is 1.59. The zero-order valence-corrected chi connectivity index (χ0v) is 10.6. The second-order valence-electron chi connectivity index (χ2n) is 3.63. The molecule has 0 fully saturated rings. The molecule has 0 unspecified atom stereocenters. The number of rotatable bonds is 4. The first kappa shape index (κ1) is 12.4. The molecule has 2 rings (SSSR count). The molecule has 2 aromatic rings. The molecule has 0 aliphatic rings. The van der Waals surface area contributed by atoms with Crippen LogP contribution in [0.5, 0.6) is 5.75 Å². The lowest BCUT2D eigenvalue weighted by atomic mass is 10.1. The van der Waals surface area contributed by atoms with Gasteiger partial charge in [-0.1, -0.05) is 12.1 Å². The van der Waals surface area contributed by atoms with Gasteiger partial charge in [-0.3, -0.25) is 0 Å². The predicted molar refractivity (Wildman–Crippen MR) is 70.2 cm³/mol. The van der Waals surface area contributed by atoms with E-state index in [1.54, 1.807) is 36.8 Å². The molecule has 1 aromatic heterocycles. The summed E-state index contributed by atoms with van der Waals surface area (Å²) in [4.78, 5) is 11.2. The van der Waals surface area contributed by atoms with E-state index in [9.17, 15) is 9.90 Å². The fourth-order valence-corrected chi connectivity index (χ4v) is 2.23. The van der Waals surface area contributed by atoms with E-state index in [2.05, 4.69) is 0 Å². The molecular weight excluding hydrogens is 248 g/mol. The molecule has 1 aromatic carbocycles. The van der Waals surface area contributed by atoms with Gasteiger partial charge < -0.3 is 14.6 Å². The molecule has 1 heterocycles. The van der Waals surface area contributed by atoms with Crippen molar-refractivity contribution in [3.8, 4) is 5.75 Å². The fraction of sp³-hybridized carbons (Fsp3) is 0.0714. The van der Waals surface area contributed by atoms with Crippen LogP contribution in [0.4, 0.5) is 0 Å². The Balaban J connectivity index is 2.42. The van der Waals surface area contributed by atoms with Crippen LogP contribution >= 0.6 is 11.3 Å². The summed E-state index contributed by atoms with van der Waals surface area (Å²) in [6, 6.07) is 8.96. The molecule has 0 N–H and O–H groups in total. The molecule has 92 valence electrons. The minimum absolute atomic E-state index is 0.171. The number of thiophene rings is 1. The third-order valence-electron chi connectivity index (χ3n) is 2.46. The summed E-state index contributed by atoms with van der Waals surface area (Å²) in [7, 11) is 1.57. The molecule has 0 aliphatic carbocycles. The third-order valence-corrected chi connectivity index (χ3v) is 3.14. The second kappa shape index (κ2) is 5.51. The van der Waals surface area contributed by atoms with Gasteiger partial charge in [-0.05, 0) is 46.2 Å². The van der Waals surface area contributed by atoms with Crippen LogP contribution in [0.2, 0.25) is 0 Å². The fourth-order valence-electron chi connectivity index (χ4n) is 1.58. The van der Waals surface area contributed by atoms with Crippen molar-refractivity contribution in [2.24, 2.45) is 0 Å². The second-order valence-corrected chi connectivity index (χ2v) is 4.41.